The van der Waals surface area contributed by atoms with Crippen LogP contribution in [0.1, 0.15) is 24.2 Å². The van der Waals surface area contributed by atoms with Gasteiger partial charge >= 0.3 is 0 Å². The molecule has 3 nitrogen and oxygen atoms in total. The number of fused-ring (bicyclic) bond motifs is 1. The van der Waals surface area contributed by atoms with Crippen molar-refractivity contribution >= 4 is 23.4 Å². The van der Waals surface area contributed by atoms with Crippen molar-refractivity contribution in [1.29, 1.82) is 0 Å². The second kappa shape index (κ2) is 7.18. The first-order valence-corrected chi connectivity index (χ1v) is 8.07. The van der Waals surface area contributed by atoms with Gasteiger partial charge in [0, 0.05) is 28.8 Å². The van der Waals surface area contributed by atoms with Crippen LogP contribution in [0.3, 0.4) is 0 Å². The third kappa shape index (κ3) is 3.39. The van der Waals surface area contributed by atoms with E-state index in [0.717, 1.165) is 16.3 Å². The van der Waals surface area contributed by atoms with E-state index < -0.39 is 0 Å². The van der Waals surface area contributed by atoms with Crippen LogP contribution in [0.15, 0.2) is 53.4 Å². The summed E-state index contributed by atoms with van der Waals surface area (Å²) in [6.45, 7) is 4.66. The Hall–Kier alpha value is -1.94. The minimum atomic E-state index is -0.0206. The number of phenolic OH excluding ortho intramolecular Hbond substituents is 1. The monoisotopic (exact) mass is 301 g/mol. The number of thioether (sulfide) groups is 1. The van der Waals surface area contributed by atoms with Gasteiger partial charge in [0.05, 0.1) is 5.69 Å². The summed E-state index contributed by atoms with van der Waals surface area (Å²) in [6, 6.07) is 14.4. The van der Waals surface area contributed by atoms with Gasteiger partial charge < -0.3 is 10.0 Å². The quantitative estimate of drug-likeness (QED) is 0.859. The molecule has 1 heterocycles. The van der Waals surface area contributed by atoms with Gasteiger partial charge in [-0.25, -0.2) is 0 Å². The lowest BCUT2D eigenvalue weighted by molar-refractivity contribution is 0.0987. The molecule has 0 aromatic heterocycles. The number of nitrogens with zero attached hydrogens (tertiary/aromatic N) is 1. The Kier molecular flexibility index (Phi) is 5.28. The Bertz CT molecular complexity index is 613. The number of anilines is 1. The van der Waals surface area contributed by atoms with E-state index in [4.69, 9.17) is 0 Å². The van der Waals surface area contributed by atoms with Crippen molar-refractivity contribution in [3.8, 4) is 5.75 Å². The number of aromatic hydroxyl groups is 1. The molecule has 0 saturated heterocycles. The van der Waals surface area contributed by atoms with E-state index in [0.29, 0.717) is 12.1 Å². The number of carbonyl (C=O) groups excluding carboxylic acids is 1. The molecule has 1 aliphatic heterocycles. The summed E-state index contributed by atoms with van der Waals surface area (Å²) in [6.07, 6.45) is 0. The lowest BCUT2D eigenvalue weighted by atomic mass is 10.1. The van der Waals surface area contributed by atoms with Crippen LogP contribution in [0.5, 0.6) is 5.75 Å². The molecule has 110 valence electrons. The second-order valence-corrected chi connectivity index (χ2v) is 5.46. The zero-order valence-electron chi connectivity index (χ0n) is 12.2. The SMILES string of the molecule is CC.O=C(c1ccccc1)N1CCSc2ccc(O)cc21. The molecule has 4 heteroatoms. The number of phenols is 1. The lowest BCUT2D eigenvalue weighted by Gasteiger charge is -2.29. The molecule has 0 unspecified atom stereocenters. The summed E-state index contributed by atoms with van der Waals surface area (Å²) >= 11 is 1.71. The number of rotatable bonds is 1. The molecule has 0 fully saturated rings. The zero-order chi connectivity index (χ0) is 15.2. The summed E-state index contributed by atoms with van der Waals surface area (Å²) < 4.78 is 0. The third-order valence-electron chi connectivity index (χ3n) is 3.07. The molecule has 0 radical (unpaired) electrons. The maximum Gasteiger partial charge on any atom is 0.258 e. The van der Waals surface area contributed by atoms with E-state index in [9.17, 15) is 9.90 Å². The van der Waals surface area contributed by atoms with Gasteiger partial charge in [0.2, 0.25) is 0 Å². The van der Waals surface area contributed by atoms with Crippen LogP contribution in [-0.4, -0.2) is 23.3 Å². The molecule has 2 aromatic rings. The van der Waals surface area contributed by atoms with Crippen LogP contribution in [0.4, 0.5) is 5.69 Å². The van der Waals surface area contributed by atoms with Gasteiger partial charge in [-0.05, 0) is 24.3 Å². The van der Waals surface area contributed by atoms with Gasteiger partial charge in [-0.1, -0.05) is 32.0 Å². The molecule has 21 heavy (non-hydrogen) atoms. The molecule has 1 N–H and O–H groups in total. The molecule has 1 amide bonds. The van der Waals surface area contributed by atoms with E-state index in [1.807, 2.05) is 50.2 Å². The van der Waals surface area contributed by atoms with Crippen molar-refractivity contribution in [3.05, 3.63) is 54.1 Å². The average Bonchev–Trinajstić information content (AvgIpc) is 2.56. The highest BCUT2D eigenvalue weighted by Gasteiger charge is 2.24. The van der Waals surface area contributed by atoms with Gasteiger partial charge in [-0.15, -0.1) is 11.8 Å². The van der Waals surface area contributed by atoms with Crippen LogP contribution in [0.25, 0.3) is 0 Å². The Morgan fingerprint density at radius 3 is 2.57 bits per heavy atom. The Morgan fingerprint density at radius 1 is 1.14 bits per heavy atom. The number of hydrogen-bond donors (Lipinski definition) is 1. The summed E-state index contributed by atoms with van der Waals surface area (Å²) in [4.78, 5) is 15.3. The fraction of sp³-hybridized carbons (Fsp3) is 0.235. The molecule has 0 aliphatic carbocycles. The molecule has 0 saturated carbocycles. The van der Waals surface area contributed by atoms with Gasteiger partial charge in [0.25, 0.3) is 5.91 Å². The van der Waals surface area contributed by atoms with Crippen molar-refractivity contribution in [3.63, 3.8) is 0 Å². The van der Waals surface area contributed by atoms with Crippen molar-refractivity contribution < 1.29 is 9.90 Å². The highest BCUT2D eigenvalue weighted by Crippen LogP contribution is 2.37. The van der Waals surface area contributed by atoms with Gasteiger partial charge in [0.1, 0.15) is 5.75 Å². The maximum absolute atomic E-state index is 12.5. The number of benzene rings is 2. The summed E-state index contributed by atoms with van der Waals surface area (Å²) in [5.74, 6) is 1.04. The Labute approximate surface area is 129 Å². The lowest BCUT2D eigenvalue weighted by Crippen LogP contribution is -2.35. The minimum Gasteiger partial charge on any atom is -0.508 e. The highest BCUT2D eigenvalue weighted by molar-refractivity contribution is 7.99. The van der Waals surface area contributed by atoms with Gasteiger partial charge in [0.15, 0.2) is 0 Å². The average molecular weight is 301 g/mol. The number of carbonyl (C=O) groups is 1. The Morgan fingerprint density at radius 2 is 1.86 bits per heavy atom. The van der Waals surface area contributed by atoms with Crippen LogP contribution >= 0.6 is 11.8 Å². The zero-order valence-corrected chi connectivity index (χ0v) is 13.1. The minimum absolute atomic E-state index is 0.0206. The van der Waals surface area contributed by atoms with Crippen molar-refractivity contribution in [2.75, 3.05) is 17.2 Å². The van der Waals surface area contributed by atoms with Crippen LogP contribution in [0.2, 0.25) is 0 Å². The van der Waals surface area contributed by atoms with Crippen LogP contribution in [-0.2, 0) is 0 Å². The first-order chi connectivity index (χ1) is 10.3. The van der Waals surface area contributed by atoms with E-state index in [1.54, 1.807) is 28.8 Å². The first-order valence-electron chi connectivity index (χ1n) is 7.08. The highest BCUT2D eigenvalue weighted by atomic mass is 32.2. The van der Waals surface area contributed by atoms with Crippen molar-refractivity contribution in [1.82, 2.24) is 0 Å². The van der Waals surface area contributed by atoms with E-state index in [-0.39, 0.29) is 11.7 Å². The van der Waals surface area contributed by atoms with E-state index >= 15 is 0 Å². The molecule has 1 aliphatic rings. The molecule has 0 atom stereocenters. The maximum atomic E-state index is 12.5. The van der Waals surface area contributed by atoms with Gasteiger partial charge in [-0.3, -0.25) is 4.79 Å². The molecular formula is C17H19NO2S. The Balaban J connectivity index is 0.000000774. The van der Waals surface area contributed by atoms with E-state index in [2.05, 4.69) is 0 Å². The van der Waals surface area contributed by atoms with Crippen molar-refractivity contribution in [2.24, 2.45) is 0 Å². The van der Waals surface area contributed by atoms with Gasteiger partial charge in [-0.2, -0.15) is 0 Å². The fourth-order valence-corrected chi connectivity index (χ4v) is 3.13. The number of amides is 1. The predicted octanol–water partition coefficient (Wildman–Crippen LogP) is 4.17. The fourth-order valence-electron chi connectivity index (χ4n) is 2.15. The molecule has 0 spiro atoms. The molecule has 3 rings (SSSR count). The third-order valence-corrected chi connectivity index (χ3v) is 4.11. The molecule has 0 bridgehead atoms. The summed E-state index contributed by atoms with van der Waals surface area (Å²) in [5.41, 5.74) is 1.47. The smallest absolute Gasteiger partial charge is 0.258 e. The summed E-state index contributed by atoms with van der Waals surface area (Å²) in [7, 11) is 0. The van der Waals surface area contributed by atoms with Crippen LogP contribution < -0.4 is 4.90 Å². The standard InChI is InChI=1S/C15H13NO2S.C2H6/c17-12-6-7-14-13(10-12)16(8-9-19-14)15(18)11-4-2-1-3-5-11;1-2/h1-7,10,17H,8-9H2;1-2H3. The second-order valence-electron chi connectivity index (χ2n) is 4.32. The van der Waals surface area contributed by atoms with Crippen LogP contribution in [0, 0.1) is 0 Å². The largest absolute Gasteiger partial charge is 0.508 e. The molecule has 2 aromatic carbocycles. The predicted molar refractivity (Wildman–Crippen MR) is 88.3 cm³/mol. The van der Waals surface area contributed by atoms with E-state index in [1.165, 1.54) is 0 Å². The normalized spacial score (nSPS) is 13.0. The number of hydrogen-bond acceptors (Lipinski definition) is 3. The topological polar surface area (TPSA) is 40.5 Å². The molecular weight excluding hydrogens is 282 g/mol. The first kappa shape index (κ1) is 15.4. The van der Waals surface area contributed by atoms with Crippen molar-refractivity contribution in [2.45, 2.75) is 18.7 Å². The summed E-state index contributed by atoms with van der Waals surface area (Å²) in [5, 5.41) is 9.61.